The normalized spacial score (nSPS) is 10.1. The van der Waals surface area contributed by atoms with E-state index >= 15 is 0 Å². The molecule has 26 heavy (non-hydrogen) atoms. The van der Waals surface area contributed by atoms with Crippen molar-refractivity contribution < 1.29 is 24.1 Å². The van der Waals surface area contributed by atoms with E-state index in [0.717, 1.165) is 12.1 Å². The molecule has 10 nitrogen and oxygen atoms in total. The van der Waals surface area contributed by atoms with Gasteiger partial charge in [-0.05, 0) is 12.1 Å². The van der Waals surface area contributed by atoms with E-state index in [1.54, 1.807) is 12.1 Å². The van der Waals surface area contributed by atoms with Crippen LogP contribution in [0.25, 0.3) is 0 Å². The van der Waals surface area contributed by atoms with Crippen LogP contribution in [0.15, 0.2) is 30.3 Å². The Morgan fingerprint density at radius 3 is 2.08 bits per heavy atom. The Morgan fingerprint density at radius 1 is 1.04 bits per heavy atom. The summed E-state index contributed by atoms with van der Waals surface area (Å²) >= 11 is 5.67. The second-order valence-corrected chi connectivity index (χ2v) is 5.24. The Labute approximate surface area is 151 Å². The summed E-state index contributed by atoms with van der Waals surface area (Å²) in [6, 6.07) is 6.33. The molecule has 0 spiro atoms. The van der Waals surface area contributed by atoms with Gasteiger partial charge in [-0.2, -0.15) is 0 Å². The molecule has 0 saturated heterocycles. The molecule has 0 unspecified atom stereocenters. The Morgan fingerprint density at radius 2 is 1.62 bits per heavy atom. The molecule has 2 aromatic rings. The van der Waals surface area contributed by atoms with Crippen LogP contribution in [-0.2, 0) is 0 Å². The number of carbonyl (C=O) groups is 1. The number of hydrogen-bond donors (Lipinski definition) is 1. The van der Waals surface area contributed by atoms with E-state index < -0.39 is 32.2 Å². The summed E-state index contributed by atoms with van der Waals surface area (Å²) in [4.78, 5) is 32.7. The molecular weight excluding hydrogens is 370 g/mol. The Bertz CT molecular complexity index is 866. The van der Waals surface area contributed by atoms with Gasteiger partial charge in [0.1, 0.15) is 11.5 Å². The van der Waals surface area contributed by atoms with Crippen molar-refractivity contribution in [3.63, 3.8) is 0 Å². The van der Waals surface area contributed by atoms with E-state index in [9.17, 15) is 25.0 Å². The molecule has 2 rings (SSSR count). The standard InChI is InChI=1S/C15H12ClN3O7/c1-25-9-3-4-13(26-2)10(7-9)17-15(20)8-5-11(18(21)22)14(16)12(6-8)19(23)24/h3-7H,1-2H3,(H,17,20). The maximum Gasteiger partial charge on any atom is 0.295 e. The topological polar surface area (TPSA) is 134 Å². The molecule has 0 aliphatic heterocycles. The highest BCUT2D eigenvalue weighted by atomic mass is 35.5. The number of amides is 1. The molecule has 1 amide bonds. The first-order valence-corrected chi connectivity index (χ1v) is 7.32. The van der Waals surface area contributed by atoms with Crippen molar-refractivity contribution in [2.24, 2.45) is 0 Å². The van der Waals surface area contributed by atoms with Crippen LogP contribution in [0.3, 0.4) is 0 Å². The fourth-order valence-electron chi connectivity index (χ4n) is 2.10. The minimum Gasteiger partial charge on any atom is -0.497 e. The average Bonchev–Trinajstić information content (AvgIpc) is 2.61. The van der Waals surface area contributed by atoms with Crippen molar-refractivity contribution in [3.05, 3.63) is 61.1 Å². The van der Waals surface area contributed by atoms with Crippen LogP contribution < -0.4 is 14.8 Å². The van der Waals surface area contributed by atoms with Crippen LogP contribution in [-0.4, -0.2) is 30.0 Å². The zero-order valence-electron chi connectivity index (χ0n) is 13.5. The van der Waals surface area contributed by atoms with Gasteiger partial charge < -0.3 is 14.8 Å². The predicted octanol–water partition coefficient (Wildman–Crippen LogP) is 3.43. The maximum absolute atomic E-state index is 12.4. The molecule has 0 saturated carbocycles. The lowest BCUT2D eigenvalue weighted by molar-refractivity contribution is -0.393. The Kier molecular flexibility index (Phi) is 5.58. The number of hydrogen-bond acceptors (Lipinski definition) is 7. The van der Waals surface area contributed by atoms with Crippen LogP contribution in [0.5, 0.6) is 11.5 Å². The van der Waals surface area contributed by atoms with Gasteiger partial charge in [-0.25, -0.2) is 0 Å². The zero-order chi connectivity index (χ0) is 19.4. The molecular formula is C15H12ClN3O7. The minimum absolute atomic E-state index is 0.220. The van der Waals surface area contributed by atoms with Gasteiger partial charge in [-0.3, -0.25) is 25.0 Å². The van der Waals surface area contributed by atoms with Gasteiger partial charge in [-0.15, -0.1) is 0 Å². The number of anilines is 1. The summed E-state index contributed by atoms with van der Waals surface area (Å²) in [5.74, 6) is -0.0919. The summed E-state index contributed by atoms with van der Waals surface area (Å²) in [6.07, 6.45) is 0. The lowest BCUT2D eigenvalue weighted by Gasteiger charge is -2.12. The van der Waals surface area contributed by atoms with Crippen molar-refractivity contribution in [1.29, 1.82) is 0 Å². The van der Waals surface area contributed by atoms with Crippen molar-refractivity contribution >= 4 is 34.6 Å². The molecule has 2 aromatic carbocycles. The highest BCUT2D eigenvalue weighted by Gasteiger charge is 2.27. The van der Waals surface area contributed by atoms with Crippen LogP contribution in [0.2, 0.25) is 5.02 Å². The number of methoxy groups -OCH3 is 2. The van der Waals surface area contributed by atoms with Gasteiger partial charge in [-0.1, -0.05) is 11.6 Å². The van der Waals surface area contributed by atoms with Gasteiger partial charge >= 0.3 is 0 Å². The number of halogens is 1. The van der Waals surface area contributed by atoms with Gasteiger partial charge in [0.15, 0.2) is 5.02 Å². The molecule has 11 heteroatoms. The number of rotatable bonds is 6. The largest absolute Gasteiger partial charge is 0.497 e. The maximum atomic E-state index is 12.4. The quantitative estimate of drug-likeness (QED) is 0.598. The zero-order valence-corrected chi connectivity index (χ0v) is 14.3. The van der Waals surface area contributed by atoms with E-state index in [1.807, 2.05) is 0 Å². The molecule has 0 aliphatic rings. The molecule has 0 heterocycles. The molecule has 1 N–H and O–H groups in total. The average molecular weight is 382 g/mol. The van der Waals surface area contributed by atoms with Gasteiger partial charge in [0.25, 0.3) is 17.3 Å². The summed E-state index contributed by atoms with van der Waals surface area (Å²) in [5.41, 5.74) is -1.58. The van der Waals surface area contributed by atoms with Crippen molar-refractivity contribution in [1.82, 2.24) is 0 Å². The molecule has 0 bridgehead atoms. The van der Waals surface area contributed by atoms with Crippen LogP contribution >= 0.6 is 11.6 Å². The number of ether oxygens (including phenoxy) is 2. The fourth-order valence-corrected chi connectivity index (χ4v) is 2.34. The second kappa shape index (κ2) is 7.66. The summed E-state index contributed by atoms with van der Waals surface area (Å²) in [7, 11) is 2.81. The fraction of sp³-hybridized carbons (Fsp3) is 0.133. The van der Waals surface area contributed by atoms with E-state index in [0.29, 0.717) is 11.5 Å². The monoisotopic (exact) mass is 381 g/mol. The molecule has 136 valence electrons. The Balaban J connectivity index is 2.47. The van der Waals surface area contributed by atoms with Crippen LogP contribution in [0.4, 0.5) is 17.1 Å². The van der Waals surface area contributed by atoms with Crippen molar-refractivity contribution in [2.75, 3.05) is 19.5 Å². The molecule has 0 fully saturated rings. The smallest absolute Gasteiger partial charge is 0.295 e. The summed E-state index contributed by atoms with van der Waals surface area (Å²) in [6.45, 7) is 0. The van der Waals surface area contributed by atoms with Crippen molar-refractivity contribution in [3.8, 4) is 11.5 Å². The minimum atomic E-state index is -0.905. The van der Waals surface area contributed by atoms with Gasteiger partial charge in [0.05, 0.1) is 35.3 Å². The van der Waals surface area contributed by atoms with E-state index in [2.05, 4.69) is 5.32 Å². The van der Waals surface area contributed by atoms with E-state index in [1.165, 1.54) is 20.3 Å². The lowest BCUT2D eigenvalue weighted by atomic mass is 10.1. The van der Waals surface area contributed by atoms with Crippen LogP contribution in [0, 0.1) is 20.2 Å². The third kappa shape index (κ3) is 3.81. The number of benzene rings is 2. The molecule has 0 atom stereocenters. The number of nitro benzene ring substituents is 2. The molecule has 0 aliphatic carbocycles. The Hall–Kier alpha value is -3.40. The van der Waals surface area contributed by atoms with Gasteiger partial charge in [0, 0.05) is 18.2 Å². The van der Waals surface area contributed by atoms with E-state index in [4.69, 9.17) is 21.1 Å². The van der Waals surface area contributed by atoms with Crippen molar-refractivity contribution in [2.45, 2.75) is 0 Å². The van der Waals surface area contributed by atoms with Gasteiger partial charge in [0.2, 0.25) is 0 Å². The second-order valence-electron chi connectivity index (χ2n) is 4.86. The number of carbonyl (C=O) groups excluding carboxylic acids is 1. The first kappa shape index (κ1) is 18.9. The summed E-state index contributed by atoms with van der Waals surface area (Å²) < 4.78 is 10.2. The predicted molar refractivity (Wildman–Crippen MR) is 92.3 cm³/mol. The number of nitrogens with zero attached hydrogens (tertiary/aromatic N) is 2. The highest BCUT2D eigenvalue weighted by molar-refractivity contribution is 6.35. The third-order valence-corrected chi connectivity index (χ3v) is 3.73. The van der Waals surface area contributed by atoms with Crippen LogP contribution in [0.1, 0.15) is 10.4 Å². The first-order chi connectivity index (χ1) is 12.3. The summed E-state index contributed by atoms with van der Waals surface area (Å²) in [5, 5.41) is 23.9. The highest BCUT2D eigenvalue weighted by Crippen LogP contribution is 2.35. The number of nitro groups is 2. The first-order valence-electron chi connectivity index (χ1n) is 6.94. The SMILES string of the molecule is COc1ccc(OC)c(NC(=O)c2cc([N+](=O)[O-])c(Cl)c([N+](=O)[O-])c2)c1. The third-order valence-electron chi connectivity index (χ3n) is 3.34. The number of nitrogens with one attached hydrogen (secondary N) is 1. The molecule has 0 aromatic heterocycles. The lowest BCUT2D eigenvalue weighted by Crippen LogP contribution is -2.13. The molecule has 0 radical (unpaired) electrons. The van der Waals surface area contributed by atoms with E-state index in [-0.39, 0.29) is 11.3 Å².